The van der Waals surface area contributed by atoms with E-state index in [2.05, 4.69) is 16.0 Å². The third-order valence-electron chi connectivity index (χ3n) is 4.16. The highest BCUT2D eigenvalue weighted by atomic mass is 32.2. The highest BCUT2D eigenvalue weighted by Crippen LogP contribution is 2.39. The minimum Gasteiger partial charge on any atom is -0.480 e. The fourth-order valence-corrected chi connectivity index (χ4v) is 4.39. The maximum absolute atomic E-state index is 12.5. The summed E-state index contributed by atoms with van der Waals surface area (Å²) in [4.78, 5) is 36.4. The maximum atomic E-state index is 12.5. The molecule has 142 valence electrons. The van der Waals surface area contributed by atoms with Crippen LogP contribution in [0.25, 0.3) is 0 Å². The van der Waals surface area contributed by atoms with Crippen LogP contribution in [0.4, 0.5) is 0 Å². The van der Waals surface area contributed by atoms with Crippen LogP contribution in [0.15, 0.2) is 30.3 Å². The molecular formula is C18H25N3O4S. The van der Waals surface area contributed by atoms with Gasteiger partial charge in [-0.05, 0) is 26.3 Å². The summed E-state index contributed by atoms with van der Waals surface area (Å²) < 4.78 is -0.606. The van der Waals surface area contributed by atoms with Gasteiger partial charge in [0.15, 0.2) is 0 Å². The lowest BCUT2D eigenvalue weighted by Gasteiger charge is -2.24. The SMILES string of the molecule is CCNC(=O)C(NC(=O)Cc1ccccc1)[C@@H]1N[C@@H](C(=O)O)C(C)(C)S1. The molecule has 3 atom stereocenters. The third kappa shape index (κ3) is 4.98. The van der Waals surface area contributed by atoms with Crippen LogP contribution in [-0.4, -0.2) is 51.6 Å². The number of carboxylic acid groups (broad SMARTS) is 1. The summed E-state index contributed by atoms with van der Waals surface area (Å²) in [7, 11) is 0. The summed E-state index contributed by atoms with van der Waals surface area (Å²) in [5, 5.41) is 17.3. The van der Waals surface area contributed by atoms with Gasteiger partial charge in [-0.3, -0.25) is 19.7 Å². The number of hydrogen-bond donors (Lipinski definition) is 4. The van der Waals surface area contributed by atoms with Gasteiger partial charge in [0, 0.05) is 11.3 Å². The lowest BCUT2D eigenvalue weighted by Crippen LogP contribution is -2.57. The number of carboxylic acids is 1. The molecule has 0 aliphatic carbocycles. The fourth-order valence-electron chi connectivity index (χ4n) is 2.90. The maximum Gasteiger partial charge on any atom is 0.322 e. The van der Waals surface area contributed by atoms with E-state index in [1.165, 1.54) is 11.8 Å². The fraction of sp³-hybridized carbons (Fsp3) is 0.500. The van der Waals surface area contributed by atoms with E-state index in [9.17, 15) is 19.5 Å². The van der Waals surface area contributed by atoms with Crippen molar-refractivity contribution in [2.45, 2.75) is 49.4 Å². The number of nitrogens with one attached hydrogen (secondary N) is 3. The van der Waals surface area contributed by atoms with Crippen LogP contribution in [0, 0.1) is 0 Å². The Morgan fingerprint density at radius 2 is 1.92 bits per heavy atom. The predicted molar refractivity (Wildman–Crippen MR) is 101 cm³/mol. The molecule has 8 heteroatoms. The number of thioether (sulfide) groups is 1. The van der Waals surface area contributed by atoms with E-state index >= 15 is 0 Å². The number of benzene rings is 1. The van der Waals surface area contributed by atoms with E-state index in [1.807, 2.05) is 44.2 Å². The first-order chi connectivity index (χ1) is 12.2. The summed E-state index contributed by atoms with van der Waals surface area (Å²) in [6, 6.07) is 7.57. The van der Waals surface area contributed by atoms with Crippen molar-refractivity contribution >= 4 is 29.5 Å². The molecule has 2 amide bonds. The molecule has 0 spiro atoms. The Balaban J connectivity index is 2.12. The zero-order valence-corrected chi connectivity index (χ0v) is 15.9. The first-order valence-electron chi connectivity index (χ1n) is 8.52. The molecule has 0 bridgehead atoms. The van der Waals surface area contributed by atoms with Gasteiger partial charge >= 0.3 is 5.97 Å². The molecule has 7 nitrogen and oxygen atoms in total. The summed E-state index contributed by atoms with van der Waals surface area (Å²) in [5.74, 6) is -1.59. The van der Waals surface area contributed by atoms with E-state index in [0.29, 0.717) is 6.54 Å². The van der Waals surface area contributed by atoms with Gasteiger partial charge in [-0.1, -0.05) is 30.3 Å². The van der Waals surface area contributed by atoms with E-state index < -0.39 is 28.2 Å². The largest absolute Gasteiger partial charge is 0.480 e. The summed E-state index contributed by atoms with van der Waals surface area (Å²) in [6.07, 6.45) is 0.153. The summed E-state index contributed by atoms with van der Waals surface area (Å²) in [5.41, 5.74) is 0.843. The summed E-state index contributed by atoms with van der Waals surface area (Å²) >= 11 is 1.35. The van der Waals surface area contributed by atoms with Crippen LogP contribution in [0.3, 0.4) is 0 Å². The Labute approximate surface area is 157 Å². The Hall–Kier alpha value is -2.06. The predicted octanol–water partition coefficient (Wildman–Crippen LogP) is 0.744. The number of rotatable bonds is 7. The molecule has 1 aliphatic heterocycles. The van der Waals surface area contributed by atoms with Crippen molar-refractivity contribution in [1.29, 1.82) is 0 Å². The molecule has 1 heterocycles. The number of aliphatic carboxylic acids is 1. The first-order valence-corrected chi connectivity index (χ1v) is 9.40. The molecule has 1 aromatic rings. The Morgan fingerprint density at radius 3 is 2.46 bits per heavy atom. The molecule has 0 aromatic heterocycles. The summed E-state index contributed by atoms with van der Waals surface area (Å²) in [6.45, 7) is 5.83. The Morgan fingerprint density at radius 1 is 1.27 bits per heavy atom. The van der Waals surface area contributed by atoms with Crippen molar-refractivity contribution in [2.24, 2.45) is 0 Å². The Kier molecular flexibility index (Phi) is 6.66. The zero-order chi connectivity index (χ0) is 19.3. The minimum atomic E-state index is -0.977. The number of carbonyl (C=O) groups excluding carboxylic acids is 2. The van der Waals surface area contributed by atoms with Crippen LogP contribution in [0.2, 0.25) is 0 Å². The van der Waals surface area contributed by atoms with Crippen molar-refractivity contribution < 1.29 is 19.5 Å². The van der Waals surface area contributed by atoms with E-state index in [-0.39, 0.29) is 18.2 Å². The van der Waals surface area contributed by atoms with Crippen molar-refractivity contribution in [1.82, 2.24) is 16.0 Å². The zero-order valence-electron chi connectivity index (χ0n) is 15.1. The van der Waals surface area contributed by atoms with Gasteiger partial charge in [-0.25, -0.2) is 0 Å². The lowest BCUT2D eigenvalue weighted by atomic mass is 10.0. The molecule has 1 aliphatic rings. The Bertz CT molecular complexity index is 666. The van der Waals surface area contributed by atoms with Crippen LogP contribution in [0.5, 0.6) is 0 Å². The van der Waals surface area contributed by atoms with Crippen LogP contribution in [0.1, 0.15) is 26.3 Å². The van der Waals surface area contributed by atoms with Gasteiger partial charge in [0.25, 0.3) is 0 Å². The van der Waals surface area contributed by atoms with Crippen molar-refractivity contribution in [3.8, 4) is 0 Å². The van der Waals surface area contributed by atoms with Crippen LogP contribution >= 0.6 is 11.8 Å². The molecule has 4 N–H and O–H groups in total. The molecule has 26 heavy (non-hydrogen) atoms. The molecule has 1 aromatic carbocycles. The smallest absolute Gasteiger partial charge is 0.322 e. The van der Waals surface area contributed by atoms with Gasteiger partial charge in [0.05, 0.1) is 11.8 Å². The first kappa shape index (κ1) is 20.3. The highest BCUT2D eigenvalue weighted by molar-refractivity contribution is 8.01. The van der Waals surface area contributed by atoms with Crippen LogP contribution < -0.4 is 16.0 Å². The van der Waals surface area contributed by atoms with Gasteiger partial charge < -0.3 is 15.7 Å². The van der Waals surface area contributed by atoms with E-state index in [1.54, 1.807) is 6.92 Å². The van der Waals surface area contributed by atoms with Gasteiger partial charge in [0.1, 0.15) is 12.1 Å². The molecular weight excluding hydrogens is 354 g/mol. The second kappa shape index (κ2) is 8.55. The van der Waals surface area contributed by atoms with Gasteiger partial charge in [0.2, 0.25) is 11.8 Å². The number of carbonyl (C=O) groups is 3. The quantitative estimate of drug-likeness (QED) is 0.557. The second-order valence-electron chi connectivity index (χ2n) is 6.68. The molecule has 1 unspecified atom stereocenters. The highest BCUT2D eigenvalue weighted by Gasteiger charge is 2.49. The number of hydrogen-bond acceptors (Lipinski definition) is 5. The van der Waals surface area contributed by atoms with Gasteiger partial charge in [-0.15, -0.1) is 11.8 Å². The topological polar surface area (TPSA) is 108 Å². The molecule has 0 radical (unpaired) electrons. The van der Waals surface area contributed by atoms with Crippen molar-refractivity contribution in [2.75, 3.05) is 6.54 Å². The number of amides is 2. The molecule has 1 saturated heterocycles. The lowest BCUT2D eigenvalue weighted by molar-refractivity contribution is -0.140. The van der Waals surface area contributed by atoms with E-state index in [4.69, 9.17) is 0 Å². The molecule has 0 saturated carbocycles. The normalized spacial score (nSPS) is 22.4. The number of likely N-dealkylation sites (N-methyl/N-ethyl adjacent to an activating group) is 1. The van der Waals surface area contributed by atoms with E-state index in [0.717, 1.165) is 5.56 Å². The molecule has 2 rings (SSSR count). The van der Waals surface area contributed by atoms with Crippen molar-refractivity contribution in [3.63, 3.8) is 0 Å². The van der Waals surface area contributed by atoms with Crippen molar-refractivity contribution in [3.05, 3.63) is 35.9 Å². The van der Waals surface area contributed by atoms with Gasteiger partial charge in [-0.2, -0.15) is 0 Å². The minimum absolute atomic E-state index is 0.153. The standard InChI is InChI=1S/C18H25N3O4S/c1-4-19-15(23)13(16-21-14(17(24)25)18(2,3)26-16)20-12(22)10-11-8-6-5-7-9-11/h5-9,13-14,16,21H,4,10H2,1-3H3,(H,19,23)(H,20,22)(H,24,25)/t13?,14-,16+/m0/s1. The third-order valence-corrected chi connectivity index (χ3v) is 5.67. The second-order valence-corrected chi connectivity index (χ2v) is 8.48. The van der Waals surface area contributed by atoms with Crippen LogP contribution in [-0.2, 0) is 20.8 Å². The average molecular weight is 379 g/mol. The monoisotopic (exact) mass is 379 g/mol. The molecule has 1 fully saturated rings. The average Bonchev–Trinajstić information content (AvgIpc) is 2.89.